The number of hydrogen-bond donors (Lipinski definition) is 1. The van der Waals surface area contributed by atoms with Crippen LogP contribution in [-0.2, 0) is 0 Å². The van der Waals surface area contributed by atoms with Gasteiger partial charge in [-0.2, -0.15) is 5.10 Å². The van der Waals surface area contributed by atoms with Crippen LogP contribution in [0.1, 0.15) is 41.6 Å². The van der Waals surface area contributed by atoms with Gasteiger partial charge in [-0.15, -0.1) is 11.3 Å². The van der Waals surface area contributed by atoms with Crippen LogP contribution in [0.5, 0.6) is 17.2 Å². The number of rotatable bonds is 4. The molecule has 2 aliphatic rings. The van der Waals surface area contributed by atoms with Crippen molar-refractivity contribution in [3.8, 4) is 17.2 Å². The Morgan fingerprint density at radius 1 is 1.28 bits per heavy atom. The second-order valence-electron chi connectivity index (χ2n) is 6.91. The molecule has 148 valence electrons. The van der Waals surface area contributed by atoms with E-state index < -0.39 is 6.23 Å². The molecule has 3 heterocycles. The van der Waals surface area contributed by atoms with Crippen LogP contribution in [0.3, 0.4) is 0 Å². The summed E-state index contributed by atoms with van der Waals surface area (Å²) >= 11 is 7.97. The molecular weight excluding hydrogens is 408 g/mol. The van der Waals surface area contributed by atoms with Gasteiger partial charge in [0.2, 0.25) is 6.23 Å². The SMILES string of the molecule is CCOc1cc(C2Oc3ccccc3C3CC(c4cccs4)=NN32)cc(Cl)c1O. The number of phenols is 1. The summed E-state index contributed by atoms with van der Waals surface area (Å²) in [6, 6.07) is 15.8. The molecule has 0 amide bonds. The molecule has 0 bridgehead atoms. The van der Waals surface area contributed by atoms with Gasteiger partial charge in [0.05, 0.1) is 28.3 Å². The van der Waals surface area contributed by atoms with E-state index in [1.54, 1.807) is 23.5 Å². The highest BCUT2D eigenvalue weighted by atomic mass is 35.5. The molecule has 0 fully saturated rings. The first-order valence-electron chi connectivity index (χ1n) is 9.46. The van der Waals surface area contributed by atoms with Gasteiger partial charge in [0, 0.05) is 17.5 Å². The van der Waals surface area contributed by atoms with Gasteiger partial charge in [0.25, 0.3) is 0 Å². The van der Waals surface area contributed by atoms with Crippen molar-refractivity contribution in [2.45, 2.75) is 25.6 Å². The first kappa shape index (κ1) is 18.3. The third-order valence-corrected chi connectivity index (χ3v) is 6.35. The summed E-state index contributed by atoms with van der Waals surface area (Å²) in [5, 5.41) is 19.4. The first-order chi connectivity index (χ1) is 14.2. The number of fused-ring (bicyclic) bond motifs is 3. The fourth-order valence-corrected chi connectivity index (χ4v) is 4.79. The molecule has 1 aromatic heterocycles. The van der Waals surface area contributed by atoms with E-state index in [0.29, 0.717) is 12.4 Å². The lowest BCUT2D eigenvalue weighted by Gasteiger charge is -2.38. The predicted molar refractivity (Wildman–Crippen MR) is 114 cm³/mol. The molecule has 0 saturated heterocycles. The summed E-state index contributed by atoms with van der Waals surface area (Å²) in [6.07, 6.45) is 0.339. The van der Waals surface area contributed by atoms with Gasteiger partial charge in [0.1, 0.15) is 5.75 Å². The molecule has 0 saturated carbocycles. The Kier molecular flexibility index (Phi) is 4.60. The highest BCUT2D eigenvalue weighted by Crippen LogP contribution is 2.49. The number of nitrogens with zero attached hydrogens (tertiary/aromatic N) is 2. The van der Waals surface area contributed by atoms with Gasteiger partial charge in [-0.3, -0.25) is 0 Å². The number of hydrazone groups is 1. The largest absolute Gasteiger partial charge is 0.503 e. The number of halogens is 1. The average molecular weight is 427 g/mol. The number of benzene rings is 2. The van der Waals surface area contributed by atoms with Crippen LogP contribution in [0.15, 0.2) is 59.0 Å². The Hall–Kier alpha value is -2.70. The zero-order chi connectivity index (χ0) is 20.0. The number of aromatic hydroxyl groups is 1. The van der Waals surface area contributed by atoms with Crippen LogP contribution in [0, 0.1) is 0 Å². The second-order valence-corrected chi connectivity index (χ2v) is 8.27. The maximum absolute atomic E-state index is 10.2. The van der Waals surface area contributed by atoms with Gasteiger partial charge in [0.15, 0.2) is 11.5 Å². The molecule has 1 N–H and O–H groups in total. The van der Waals surface area contributed by atoms with Crippen LogP contribution in [0.25, 0.3) is 0 Å². The summed E-state index contributed by atoms with van der Waals surface area (Å²) in [5.74, 6) is 1.12. The van der Waals surface area contributed by atoms with E-state index in [4.69, 9.17) is 26.2 Å². The minimum Gasteiger partial charge on any atom is -0.503 e. The predicted octanol–water partition coefficient (Wildman–Crippen LogP) is 5.75. The van der Waals surface area contributed by atoms with Crippen molar-refractivity contribution in [2.24, 2.45) is 5.10 Å². The molecule has 5 nitrogen and oxygen atoms in total. The highest BCUT2D eigenvalue weighted by molar-refractivity contribution is 7.12. The van der Waals surface area contributed by atoms with Crippen molar-refractivity contribution in [3.05, 3.63) is 74.9 Å². The summed E-state index contributed by atoms with van der Waals surface area (Å²) in [7, 11) is 0. The lowest BCUT2D eigenvalue weighted by molar-refractivity contribution is -0.0191. The van der Waals surface area contributed by atoms with E-state index in [2.05, 4.69) is 17.5 Å². The number of para-hydroxylation sites is 1. The van der Waals surface area contributed by atoms with Crippen molar-refractivity contribution >= 4 is 28.6 Å². The summed E-state index contributed by atoms with van der Waals surface area (Å²) in [6.45, 7) is 2.29. The quantitative estimate of drug-likeness (QED) is 0.577. The van der Waals surface area contributed by atoms with E-state index in [1.807, 2.05) is 36.2 Å². The van der Waals surface area contributed by atoms with Crippen molar-refractivity contribution < 1.29 is 14.6 Å². The molecule has 2 atom stereocenters. The third kappa shape index (κ3) is 3.12. The first-order valence-corrected chi connectivity index (χ1v) is 10.7. The molecule has 0 aliphatic carbocycles. The molecule has 0 spiro atoms. The van der Waals surface area contributed by atoms with Crippen LogP contribution in [0.2, 0.25) is 5.02 Å². The molecule has 2 aliphatic heterocycles. The van der Waals surface area contributed by atoms with Gasteiger partial charge in [-0.1, -0.05) is 35.9 Å². The molecule has 7 heteroatoms. The van der Waals surface area contributed by atoms with E-state index in [1.165, 1.54) is 0 Å². The molecule has 2 unspecified atom stereocenters. The fraction of sp³-hybridized carbons (Fsp3) is 0.227. The maximum atomic E-state index is 10.2. The van der Waals surface area contributed by atoms with Crippen molar-refractivity contribution in [1.82, 2.24) is 5.01 Å². The zero-order valence-corrected chi connectivity index (χ0v) is 17.3. The number of phenolic OH excluding ortho intramolecular Hbond substituents is 1. The highest BCUT2D eigenvalue weighted by Gasteiger charge is 2.41. The summed E-state index contributed by atoms with van der Waals surface area (Å²) < 4.78 is 11.9. The Bertz CT molecular complexity index is 1080. The minimum absolute atomic E-state index is 0.0609. The monoisotopic (exact) mass is 426 g/mol. The average Bonchev–Trinajstić information content (AvgIpc) is 3.40. The normalized spacial score (nSPS) is 19.9. The summed E-state index contributed by atoms with van der Waals surface area (Å²) in [5.41, 5.74) is 2.95. The Labute approximate surface area is 177 Å². The topological polar surface area (TPSA) is 54.3 Å². The van der Waals surface area contributed by atoms with Gasteiger partial charge in [-0.05, 0) is 36.6 Å². The van der Waals surface area contributed by atoms with Crippen LogP contribution >= 0.6 is 22.9 Å². The number of hydrogen-bond acceptors (Lipinski definition) is 6. The van der Waals surface area contributed by atoms with E-state index in [-0.39, 0.29) is 16.8 Å². The lowest BCUT2D eigenvalue weighted by Crippen LogP contribution is -2.33. The van der Waals surface area contributed by atoms with Crippen molar-refractivity contribution in [3.63, 3.8) is 0 Å². The third-order valence-electron chi connectivity index (χ3n) is 5.14. The lowest BCUT2D eigenvalue weighted by atomic mass is 9.97. The number of thiophene rings is 1. The molecule has 3 aromatic rings. The number of ether oxygens (including phenoxy) is 2. The minimum atomic E-state index is -0.468. The smallest absolute Gasteiger partial charge is 0.214 e. The maximum Gasteiger partial charge on any atom is 0.214 e. The summed E-state index contributed by atoms with van der Waals surface area (Å²) in [4.78, 5) is 1.16. The molecule has 29 heavy (non-hydrogen) atoms. The van der Waals surface area contributed by atoms with E-state index in [0.717, 1.165) is 33.9 Å². The van der Waals surface area contributed by atoms with Gasteiger partial charge < -0.3 is 14.6 Å². The second kappa shape index (κ2) is 7.28. The molecular formula is C22H19ClN2O3S. The van der Waals surface area contributed by atoms with E-state index in [9.17, 15) is 5.11 Å². The standard InChI is InChI=1S/C22H19ClN2O3S/c1-2-27-19-11-13(10-15(23)21(19)26)22-25-17(14-6-3-4-7-18(14)28-22)12-16(24-25)20-8-5-9-29-20/h3-11,17,22,26H,2,12H2,1H3. The Morgan fingerprint density at radius 3 is 2.93 bits per heavy atom. The molecule has 5 rings (SSSR count). The molecule has 0 radical (unpaired) electrons. The van der Waals surface area contributed by atoms with Gasteiger partial charge in [-0.25, -0.2) is 5.01 Å². The Balaban J connectivity index is 1.61. The molecule has 2 aromatic carbocycles. The zero-order valence-electron chi connectivity index (χ0n) is 15.7. The van der Waals surface area contributed by atoms with Gasteiger partial charge >= 0.3 is 0 Å². The van der Waals surface area contributed by atoms with Crippen LogP contribution < -0.4 is 9.47 Å². The van der Waals surface area contributed by atoms with Crippen LogP contribution in [0.4, 0.5) is 0 Å². The van der Waals surface area contributed by atoms with Crippen molar-refractivity contribution in [1.29, 1.82) is 0 Å². The Morgan fingerprint density at radius 2 is 2.14 bits per heavy atom. The fourth-order valence-electron chi connectivity index (χ4n) is 3.85. The van der Waals surface area contributed by atoms with Crippen molar-refractivity contribution in [2.75, 3.05) is 6.61 Å². The van der Waals surface area contributed by atoms with E-state index >= 15 is 0 Å². The van der Waals surface area contributed by atoms with Crippen LogP contribution in [-0.4, -0.2) is 22.4 Å².